The molecule has 0 spiro atoms. The molecule has 0 bridgehead atoms. The average molecular weight is 435 g/mol. The number of nitrogens with zero attached hydrogens (tertiary/aromatic N) is 4. The number of aromatic nitrogens is 2. The summed E-state index contributed by atoms with van der Waals surface area (Å²) in [6.07, 6.45) is 5.37. The Kier molecular flexibility index (Phi) is 4.54. The highest BCUT2D eigenvalue weighted by Crippen LogP contribution is 2.42. The summed E-state index contributed by atoms with van der Waals surface area (Å²) in [5.74, 6) is -0.290. The van der Waals surface area contributed by atoms with E-state index in [1.54, 1.807) is 35.6 Å². The Morgan fingerprint density at radius 3 is 2.55 bits per heavy atom. The van der Waals surface area contributed by atoms with E-state index in [1.165, 1.54) is 5.01 Å². The van der Waals surface area contributed by atoms with Crippen molar-refractivity contribution in [3.63, 3.8) is 0 Å². The van der Waals surface area contributed by atoms with Gasteiger partial charge in [-0.15, -0.1) is 0 Å². The number of amides is 2. The number of nitrogens with one attached hydrogen (secondary N) is 1. The van der Waals surface area contributed by atoms with E-state index in [4.69, 9.17) is 0 Å². The minimum Gasteiger partial charge on any atom is -0.356 e. The number of carbonyl (C=O) groups excluding carboxylic acids is 2. The van der Waals surface area contributed by atoms with Gasteiger partial charge in [0.1, 0.15) is 12.6 Å². The van der Waals surface area contributed by atoms with Crippen molar-refractivity contribution in [1.29, 1.82) is 0 Å². The van der Waals surface area contributed by atoms with E-state index in [-0.39, 0.29) is 24.4 Å². The Hall–Kier alpha value is -4.26. The van der Waals surface area contributed by atoms with Gasteiger partial charge >= 0.3 is 0 Å². The fourth-order valence-electron chi connectivity index (χ4n) is 4.91. The number of aromatic amines is 1. The van der Waals surface area contributed by atoms with Crippen LogP contribution in [0.4, 0.5) is 0 Å². The summed E-state index contributed by atoms with van der Waals surface area (Å²) in [6.45, 7) is -0.0875. The normalized spacial score (nSPS) is 20.4. The number of fused-ring (bicyclic) bond motifs is 4. The number of para-hydroxylation sites is 1. The van der Waals surface area contributed by atoms with Crippen molar-refractivity contribution < 1.29 is 9.59 Å². The molecule has 2 atom stereocenters. The van der Waals surface area contributed by atoms with Crippen LogP contribution in [0.2, 0.25) is 0 Å². The lowest BCUT2D eigenvalue weighted by Crippen LogP contribution is -2.61. The van der Waals surface area contributed by atoms with E-state index >= 15 is 0 Å². The summed E-state index contributed by atoms with van der Waals surface area (Å²) >= 11 is 0. The third kappa shape index (κ3) is 3.20. The van der Waals surface area contributed by atoms with Gasteiger partial charge in [-0.1, -0.05) is 48.5 Å². The summed E-state index contributed by atoms with van der Waals surface area (Å²) in [4.78, 5) is 36.3. The van der Waals surface area contributed by atoms with Crippen LogP contribution in [0, 0.1) is 0 Å². The van der Waals surface area contributed by atoms with E-state index in [1.807, 2.05) is 48.5 Å². The number of benzene rings is 2. The third-order valence-corrected chi connectivity index (χ3v) is 6.41. The number of hydrogen-bond donors (Lipinski definition) is 1. The molecule has 1 N–H and O–H groups in total. The lowest BCUT2D eigenvalue weighted by Gasteiger charge is -2.45. The quantitative estimate of drug-likeness (QED) is 0.502. The summed E-state index contributed by atoms with van der Waals surface area (Å²) < 4.78 is 0. The Morgan fingerprint density at radius 1 is 0.970 bits per heavy atom. The molecule has 4 aromatic rings. The van der Waals surface area contributed by atoms with Gasteiger partial charge in [0.2, 0.25) is 5.91 Å². The van der Waals surface area contributed by atoms with E-state index in [2.05, 4.69) is 21.1 Å². The molecule has 7 heteroatoms. The van der Waals surface area contributed by atoms with Crippen molar-refractivity contribution in [2.24, 2.45) is 5.10 Å². The average Bonchev–Trinajstić information content (AvgIpc) is 3.23. The second-order valence-corrected chi connectivity index (χ2v) is 8.32. The van der Waals surface area contributed by atoms with Crippen LogP contribution in [-0.4, -0.2) is 50.5 Å². The number of hydrazone groups is 1. The smallest absolute Gasteiger partial charge is 0.266 e. The van der Waals surface area contributed by atoms with Crippen LogP contribution < -0.4 is 0 Å². The fourth-order valence-corrected chi connectivity index (χ4v) is 4.91. The number of pyridine rings is 1. The number of rotatable bonds is 3. The molecule has 2 aliphatic rings. The van der Waals surface area contributed by atoms with Gasteiger partial charge in [0, 0.05) is 35.4 Å². The van der Waals surface area contributed by atoms with Crippen molar-refractivity contribution in [2.75, 3.05) is 6.54 Å². The van der Waals surface area contributed by atoms with Gasteiger partial charge in [-0.3, -0.25) is 14.6 Å². The van der Waals surface area contributed by atoms with Gasteiger partial charge in [0.15, 0.2) is 0 Å². The zero-order valence-corrected chi connectivity index (χ0v) is 17.8. The molecule has 1 fully saturated rings. The molecule has 7 nitrogen and oxygen atoms in total. The number of carbonyl (C=O) groups is 2. The molecule has 0 unspecified atom stereocenters. The van der Waals surface area contributed by atoms with Crippen molar-refractivity contribution in [1.82, 2.24) is 19.9 Å². The molecular weight excluding hydrogens is 414 g/mol. The molecule has 6 rings (SSSR count). The van der Waals surface area contributed by atoms with Gasteiger partial charge in [-0.05, 0) is 34.9 Å². The predicted molar refractivity (Wildman–Crippen MR) is 124 cm³/mol. The van der Waals surface area contributed by atoms with Gasteiger partial charge in [0.25, 0.3) is 5.91 Å². The first-order chi connectivity index (χ1) is 16.2. The van der Waals surface area contributed by atoms with Crippen LogP contribution in [-0.2, 0) is 16.0 Å². The molecule has 33 heavy (non-hydrogen) atoms. The van der Waals surface area contributed by atoms with Crippen LogP contribution >= 0.6 is 0 Å². The number of hydrogen-bond acceptors (Lipinski definition) is 4. The third-order valence-electron chi connectivity index (χ3n) is 6.41. The second kappa shape index (κ2) is 7.70. The lowest BCUT2D eigenvalue weighted by atomic mass is 9.86. The van der Waals surface area contributed by atoms with Crippen LogP contribution in [0.15, 0.2) is 84.2 Å². The zero-order valence-electron chi connectivity index (χ0n) is 17.8. The van der Waals surface area contributed by atoms with Crippen LogP contribution in [0.1, 0.15) is 28.4 Å². The van der Waals surface area contributed by atoms with Crippen molar-refractivity contribution in [3.8, 4) is 0 Å². The first-order valence-corrected chi connectivity index (χ1v) is 10.9. The fraction of sp³-hybridized carbons (Fsp3) is 0.154. The van der Waals surface area contributed by atoms with Crippen molar-refractivity contribution in [3.05, 3.63) is 102 Å². The molecule has 2 aromatic carbocycles. The highest BCUT2D eigenvalue weighted by Gasteiger charge is 2.48. The predicted octanol–water partition coefficient (Wildman–Crippen LogP) is 3.28. The largest absolute Gasteiger partial charge is 0.356 e. The molecule has 162 valence electrons. The topological polar surface area (TPSA) is 81.7 Å². The molecule has 2 amide bonds. The second-order valence-electron chi connectivity index (χ2n) is 8.32. The van der Waals surface area contributed by atoms with E-state index in [0.29, 0.717) is 6.42 Å². The standard InChI is InChI=1S/C26H21N5O2/c32-23-16-30(28-15-17-10-12-27-13-11-17)26(33)22-14-20-19-8-4-5-9-21(19)29-24(20)25(31(22)23)18-6-2-1-3-7-18/h1-13,15,22,25,29H,14,16H2/b28-15-/t22-,25+/m0/s1. The van der Waals surface area contributed by atoms with Crippen molar-refractivity contribution in [2.45, 2.75) is 18.5 Å². The van der Waals surface area contributed by atoms with Crippen LogP contribution in [0.3, 0.4) is 0 Å². The number of H-pyrrole nitrogens is 1. The van der Waals surface area contributed by atoms with Gasteiger partial charge in [-0.25, -0.2) is 5.01 Å². The zero-order chi connectivity index (χ0) is 22.4. The summed E-state index contributed by atoms with van der Waals surface area (Å²) in [6, 6.07) is 20.6. The van der Waals surface area contributed by atoms with Crippen LogP contribution in [0.5, 0.6) is 0 Å². The molecular formula is C26H21N5O2. The Labute approximate surface area is 190 Å². The monoisotopic (exact) mass is 435 g/mol. The van der Waals surface area contributed by atoms with E-state index in [0.717, 1.165) is 33.3 Å². The Balaban J connectivity index is 1.44. The maximum absolute atomic E-state index is 13.6. The molecule has 0 radical (unpaired) electrons. The molecule has 2 aliphatic heterocycles. The Morgan fingerprint density at radius 2 is 1.73 bits per heavy atom. The van der Waals surface area contributed by atoms with Crippen molar-refractivity contribution >= 4 is 28.9 Å². The highest BCUT2D eigenvalue weighted by molar-refractivity contribution is 5.98. The molecule has 0 aliphatic carbocycles. The highest BCUT2D eigenvalue weighted by atomic mass is 16.2. The minimum atomic E-state index is -0.613. The van der Waals surface area contributed by atoms with Gasteiger partial charge in [-0.2, -0.15) is 5.10 Å². The molecule has 4 heterocycles. The first kappa shape index (κ1) is 19.4. The van der Waals surface area contributed by atoms with E-state index < -0.39 is 6.04 Å². The summed E-state index contributed by atoms with van der Waals surface area (Å²) in [5, 5.41) is 6.74. The minimum absolute atomic E-state index is 0.0875. The molecule has 2 aromatic heterocycles. The maximum atomic E-state index is 13.6. The SMILES string of the molecule is O=C1[C@@H]2Cc3c([nH]c4ccccc34)[C@@H](c3ccccc3)N2C(=O)CN1/N=C\c1ccncc1. The summed E-state index contributed by atoms with van der Waals surface area (Å²) in [7, 11) is 0. The lowest BCUT2D eigenvalue weighted by molar-refractivity contribution is -0.158. The van der Waals surface area contributed by atoms with Gasteiger partial charge < -0.3 is 9.88 Å². The first-order valence-electron chi connectivity index (χ1n) is 10.9. The van der Waals surface area contributed by atoms with Crippen LogP contribution in [0.25, 0.3) is 10.9 Å². The molecule has 1 saturated heterocycles. The van der Waals surface area contributed by atoms with Gasteiger partial charge in [0.05, 0.1) is 12.3 Å². The van der Waals surface area contributed by atoms with E-state index in [9.17, 15) is 9.59 Å². The Bertz CT molecular complexity index is 1380. The maximum Gasteiger partial charge on any atom is 0.266 e. The number of piperazine rings is 1. The summed E-state index contributed by atoms with van der Waals surface area (Å²) in [5.41, 5.74) is 4.87. The molecule has 0 saturated carbocycles.